The highest BCUT2D eigenvalue weighted by molar-refractivity contribution is 5.79. The summed E-state index contributed by atoms with van der Waals surface area (Å²) in [6.07, 6.45) is 6.73. The number of ether oxygens (including phenoxy) is 2. The number of hydrogen-bond donors (Lipinski definition) is 2. The van der Waals surface area contributed by atoms with Gasteiger partial charge in [0.25, 0.3) is 0 Å². The van der Waals surface area contributed by atoms with E-state index in [1.54, 1.807) is 13.3 Å². The summed E-state index contributed by atoms with van der Waals surface area (Å²) in [7, 11) is 1.78. The molecule has 0 atom stereocenters. The van der Waals surface area contributed by atoms with Gasteiger partial charge in [-0.1, -0.05) is 24.6 Å². The minimum atomic E-state index is 0.360. The fraction of sp³-hybridized carbons (Fsp3) is 0.500. The molecule has 0 spiro atoms. The van der Waals surface area contributed by atoms with Crippen LogP contribution in [0.4, 0.5) is 0 Å². The molecule has 1 saturated carbocycles. The minimum absolute atomic E-state index is 0.360. The van der Waals surface area contributed by atoms with Crippen molar-refractivity contribution in [2.24, 2.45) is 10.4 Å². The van der Waals surface area contributed by atoms with E-state index in [-0.39, 0.29) is 0 Å². The van der Waals surface area contributed by atoms with E-state index in [1.165, 1.54) is 19.3 Å². The summed E-state index contributed by atoms with van der Waals surface area (Å²) >= 11 is 0. The number of methoxy groups -OCH3 is 1. The quantitative estimate of drug-likeness (QED) is 0.434. The third-order valence-corrected chi connectivity index (χ3v) is 5.68. The second kappa shape index (κ2) is 11.6. The van der Waals surface area contributed by atoms with E-state index in [9.17, 15) is 0 Å². The van der Waals surface area contributed by atoms with Crippen LogP contribution in [0.15, 0.2) is 53.7 Å². The lowest BCUT2D eigenvalue weighted by Gasteiger charge is -2.42. The molecular weight excluding hydrogens is 376 g/mol. The summed E-state index contributed by atoms with van der Waals surface area (Å²) in [4.78, 5) is 9.04. The Morgan fingerprint density at radius 3 is 2.60 bits per heavy atom. The van der Waals surface area contributed by atoms with Gasteiger partial charge >= 0.3 is 0 Å². The third-order valence-electron chi connectivity index (χ3n) is 5.68. The summed E-state index contributed by atoms with van der Waals surface area (Å²) in [5, 5.41) is 6.90. The van der Waals surface area contributed by atoms with Crippen LogP contribution in [0.2, 0.25) is 0 Å². The first-order chi connectivity index (χ1) is 14.7. The van der Waals surface area contributed by atoms with E-state index in [0.717, 1.165) is 49.1 Å². The van der Waals surface area contributed by atoms with Crippen molar-refractivity contribution in [3.63, 3.8) is 0 Å². The maximum atomic E-state index is 5.80. The Labute approximate surface area is 180 Å². The van der Waals surface area contributed by atoms with Crippen LogP contribution in [-0.2, 0) is 17.9 Å². The van der Waals surface area contributed by atoms with Gasteiger partial charge in [0.2, 0.25) is 0 Å². The average Bonchev–Trinajstić information content (AvgIpc) is 2.76. The highest BCUT2D eigenvalue weighted by Gasteiger charge is 2.36. The molecule has 3 rings (SSSR count). The first-order valence-corrected chi connectivity index (χ1v) is 10.9. The summed E-state index contributed by atoms with van der Waals surface area (Å²) < 4.78 is 11.1. The molecule has 1 aromatic heterocycles. The molecule has 1 fully saturated rings. The predicted octanol–water partition coefficient (Wildman–Crippen LogP) is 3.92. The van der Waals surface area contributed by atoms with Gasteiger partial charge in [0.1, 0.15) is 12.4 Å². The number of aliphatic imine (C=N–C) groups is 1. The highest BCUT2D eigenvalue weighted by Crippen LogP contribution is 2.43. The van der Waals surface area contributed by atoms with E-state index < -0.39 is 0 Å². The van der Waals surface area contributed by atoms with E-state index in [2.05, 4.69) is 34.7 Å². The SMILES string of the molecule is CCNC(=NCc1ccc(OCc2ccccn2)cc1)NCC1(CCOC)CCC1. The monoisotopic (exact) mass is 410 g/mol. The summed E-state index contributed by atoms with van der Waals surface area (Å²) in [5.41, 5.74) is 2.43. The van der Waals surface area contributed by atoms with Crippen LogP contribution in [0.5, 0.6) is 5.75 Å². The number of hydrogen-bond acceptors (Lipinski definition) is 4. The molecule has 0 amide bonds. The second-order valence-electron chi connectivity index (χ2n) is 7.90. The van der Waals surface area contributed by atoms with Crippen molar-refractivity contribution in [3.05, 3.63) is 59.9 Å². The molecule has 1 aliphatic carbocycles. The van der Waals surface area contributed by atoms with Crippen LogP contribution in [0.1, 0.15) is 43.9 Å². The van der Waals surface area contributed by atoms with Crippen LogP contribution in [-0.4, -0.2) is 37.7 Å². The molecule has 1 aliphatic rings. The molecule has 0 saturated heterocycles. The molecular formula is C24H34N4O2. The lowest BCUT2D eigenvalue weighted by Crippen LogP contribution is -2.46. The molecule has 1 heterocycles. The zero-order valence-corrected chi connectivity index (χ0v) is 18.2. The predicted molar refractivity (Wildman–Crippen MR) is 121 cm³/mol. The highest BCUT2D eigenvalue weighted by atomic mass is 16.5. The lowest BCUT2D eigenvalue weighted by molar-refractivity contribution is 0.0732. The second-order valence-corrected chi connectivity index (χ2v) is 7.90. The molecule has 0 unspecified atom stereocenters. The Bertz CT molecular complexity index is 774. The first kappa shape index (κ1) is 22.1. The Kier molecular flexibility index (Phi) is 8.51. The van der Waals surface area contributed by atoms with Gasteiger partial charge in [0.15, 0.2) is 5.96 Å². The largest absolute Gasteiger partial charge is 0.487 e. The summed E-state index contributed by atoms with van der Waals surface area (Å²) in [6, 6.07) is 13.9. The van der Waals surface area contributed by atoms with Crippen LogP contribution >= 0.6 is 0 Å². The Morgan fingerprint density at radius 2 is 1.97 bits per heavy atom. The van der Waals surface area contributed by atoms with Crippen molar-refractivity contribution < 1.29 is 9.47 Å². The number of guanidine groups is 1. The van der Waals surface area contributed by atoms with Gasteiger partial charge in [-0.15, -0.1) is 0 Å². The molecule has 0 aliphatic heterocycles. The fourth-order valence-corrected chi connectivity index (χ4v) is 3.63. The molecule has 2 N–H and O–H groups in total. The van der Waals surface area contributed by atoms with E-state index in [0.29, 0.717) is 18.6 Å². The van der Waals surface area contributed by atoms with Crippen LogP contribution in [0.25, 0.3) is 0 Å². The van der Waals surface area contributed by atoms with Gasteiger partial charge in [-0.05, 0) is 61.4 Å². The normalized spacial score (nSPS) is 15.3. The van der Waals surface area contributed by atoms with E-state index in [4.69, 9.17) is 14.5 Å². The number of benzene rings is 1. The molecule has 1 aromatic carbocycles. The van der Waals surface area contributed by atoms with Crippen molar-refractivity contribution in [1.82, 2.24) is 15.6 Å². The van der Waals surface area contributed by atoms with Gasteiger partial charge in [-0.2, -0.15) is 0 Å². The van der Waals surface area contributed by atoms with Crippen molar-refractivity contribution in [3.8, 4) is 5.75 Å². The van der Waals surface area contributed by atoms with Crippen molar-refractivity contribution in [1.29, 1.82) is 0 Å². The number of nitrogens with zero attached hydrogens (tertiary/aromatic N) is 2. The van der Waals surface area contributed by atoms with Gasteiger partial charge in [0, 0.05) is 33.0 Å². The lowest BCUT2D eigenvalue weighted by atomic mass is 9.67. The first-order valence-electron chi connectivity index (χ1n) is 10.9. The summed E-state index contributed by atoms with van der Waals surface area (Å²) in [6.45, 7) is 5.80. The fourth-order valence-electron chi connectivity index (χ4n) is 3.63. The van der Waals surface area contributed by atoms with E-state index in [1.807, 2.05) is 30.3 Å². The van der Waals surface area contributed by atoms with Crippen LogP contribution < -0.4 is 15.4 Å². The molecule has 30 heavy (non-hydrogen) atoms. The molecule has 0 radical (unpaired) electrons. The number of aromatic nitrogens is 1. The Balaban J connectivity index is 1.50. The maximum Gasteiger partial charge on any atom is 0.191 e. The van der Waals surface area contributed by atoms with Crippen molar-refractivity contribution in [2.75, 3.05) is 26.8 Å². The van der Waals surface area contributed by atoms with Crippen molar-refractivity contribution in [2.45, 2.75) is 45.8 Å². The zero-order valence-electron chi connectivity index (χ0n) is 18.2. The third kappa shape index (κ3) is 6.73. The maximum absolute atomic E-state index is 5.80. The van der Waals surface area contributed by atoms with Crippen molar-refractivity contribution >= 4 is 5.96 Å². The van der Waals surface area contributed by atoms with Gasteiger partial charge < -0.3 is 20.1 Å². The smallest absolute Gasteiger partial charge is 0.191 e. The van der Waals surface area contributed by atoms with Gasteiger partial charge in [-0.25, -0.2) is 4.99 Å². The molecule has 6 nitrogen and oxygen atoms in total. The minimum Gasteiger partial charge on any atom is -0.487 e. The Hall–Kier alpha value is -2.60. The standard InChI is InChI=1S/C24H34N4O2/c1-3-25-23(28-19-24(12-6-13-24)14-16-29-2)27-17-20-8-10-22(11-9-20)30-18-21-7-4-5-15-26-21/h4-5,7-11,15H,3,6,12-14,16-19H2,1-2H3,(H2,25,27,28). The summed E-state index contributed by atoms with van der Waals surface area (Å²) in [5.74, 6) is 1.71. The molecule has 0 bridgehead atoms. The van der Waals surface area contributed by atoms with Crippen LogP contribution in [0.3, 0.4) is 0 Å². The molecule has 2 aromatic rings. The topological polar surface area (TPSA) is 67.8 Å². The zero-order chi connectivity index (χ0) is 21.1. The molecule has 6 heteroatoms. The molecule has 162 valence electrons. The van der Waals surface area contributed by atoms with Gasteiger partial charge in [0.05, 0.1) is 12.2 Å². The number of rotatable bonds is 11. The number of pyridine rings is 1. The average molecular weight is 411 g/mol. The number of nitrogens with one attached hydrogen (secondary N) is 2. The van der Waals surface area contributed by atoms with Gasteiger partial charge in [-0.3, -0.25) is 4.98 Å². The van der Waals surface area contributed by atoms with Crippen LogP contribution in [0, 0.1) is 5.41 Å². The Morgan fingerprint density at radius 1 is 1.13 bits per heavy atom. The van der Waals surface area contributed by atoms with E-state index >= 15 is 0 Å².